The molecular formula is C22H21N3O2S2. The minimum atomic E-state index is -0.104. The van der Waals surface area contributed by atoms with Crippen molar-refractivity contribution in [1.82, 2.24) is 4.98 Å². The number of hydrogen-bond donors (Lipinski definition) is 2. The molecule has 1 aromatic heterocycles. The minimum absolute atomic E-state index is 0.0872. The molecule has 2 aromatic carbocycles. The van der Waals surface area contributed by atoms with Crippen molar-refractivity contribution in [3.05, 3.63) is 59.0 Å². The molecule has 0 saturated carbocycles. The Bertz CT molecular complexity index is 1040. The van der Waals surface area contributed by atoms with Crippen molar-refractivity contribution in [2.75, 3.05) is 16.4 Å². The van der Waals surface area contributed by atoms with Gasteiger partial charge in [0.25, 0.3) is 0 Å². The van der Waals surface area contributed by atoms with E-state index in [1.165, 1.54) is 54.0 Å². The smallest absolute Gasteiger partial charge is 0.236 e. The number of aromatic nitrogens is 1. The summed E-state index contributed by atoms with van der Waals surface area (Å²) in [6.45, 7) is 1.47. The fraction of sp³-hybridized carbons (Fsp3) is 0.227. The monoisotopic (exact) mass is 423 g/mol. The fourth-order valence-corrected chi connectivity index (χ4v) is 4.77. The van der Waals surface area contributed by atoms with E-state index in [4.69, 9.17) is 0 Å². The van der Waals surface area contributed by atoms with Crippen LogP contribution in [0.1, 0.15) is 24.5 Å². The molecule has 2 amide bonds. The summed E-state index contributed by atoms with van der Waals surface area (Å²) in [6.07, 6.45) is 3.53. The van der Waals surface area contributed by atoms with Crippen molar-refractivity contribution in [2.45, 2.75) is 31.1 Å². The van der Waals surface area contributed by atoms with E-state index in [0.717, 1.165) is 28.3 Å². The highest BCUT2D eigenvalue weighted by Crippen LogP contribution is 2.30. The topological polar surface area (TPSA) is 71.1 Å². The minimum Gasteiger partial charge on any atom is -0.326 e. The average molecular weight is 424 g/mol. The average Bonchev–Trinajstić information content (AvgIpc) is 3.35. The van der Waals surface area contributed by atoms with Crippen LogP contribution in [0.3, 0.4) is 0 Å². The maximum Gasteiger partial charge on any atom is 0.236 e. The molecule has 29 heavy (non-hydrogen) atoms. The second-order valence-corrected chi connectivity index (χ2v) is 8.82. The number of benzene rings is 2. The molecule has 5 nitrogen and oxygen atoms in total. The fourth-order valence-electron chi connectivity index (χ4n) is 3.34. The first-order valence-corrected chi connectivity index (χ1v) is 11.3. The molecule has 1 heterocycles. The summed E-state index contributed by atoms with van der Waals surface area (Å²) in [4.78, 5) is 28.9. The first-order chi connectivity index (χ1) is 14.1. The van der Waals surface area contributed by atoms with E-state index in [1.54, 1.807) is 0 Å². The van der Waals surface area contributed by atoms with E-state index in [2.05, 4.69) is 33.8 Å². The van der Waals surface area contributed by atoms with E-state index in [-0.39, 0.29) is 11.8 Å². The molecule has 1 aliphatic rings. The molecular weight excluding hydrogens is 402 g/mol. The van der Waals surface area contributed by atoms with Crippen LogP contribution in [-0.2, 0) is 22.4 Å². The molecule has 0 bridgehead atoms. The summed E-state index contributed by atoms with van der Waals surface area (Å²) in [5, 5.41) is 8.21. The largest absolute Gasteiger partial charge is 0.326 e. The van der Waals surface area contributed by atoms with Crippen molar-refractivity contribution >= 4 is 45.7 Å². The number of carbonyl (C=O) groups excluding carboxylic acids is 2. The third kappa shape index (κ3) is 5.05. The maximum absolute atomic E-state index is 12.3. The molecule has 0 saturated heterocycles. The van der Waals surface area contributed by atoms with Crippen molar-refractivity contribution in [1.29, 1.82) is 0 Å². The predicted octanol–water partition coefficient (Wildman–Crippen LogP) is 4.99. The van der Waals surface area contributed by atoms with Crippen molar-refractivity contribution < 1.29 is 9.59 Å². The molecule has 148 valence electrons. The number of fused-ring (bicyclic) bond motifs is 1. The number of thiazole rings is 1. The van der Waals surface area contributed by atoms with Gasteiger partial charge in [-0.3, -0.25) is 9.59 Å². The molecule has 0 radical (unpaired) electrons. The van der Waals surface area contributed by atoms with Gasteiger partial charge in [0, 0.05) is 28.5 Å². The van der Waals surface area contributed by atoms with Gasteiger partial charge < -0.3 is 10.6 Å². The molecule has 3 aromatic rings. The van der Waals surface area contributed by atoms with Gasteiger partial charge in [-0.25, -0.2) is 4.98 Å². The summed E-state index contributed by atoms with van der Waals surface area (Å²) in [7, 11) is 0. The Morgan fingerprint density at radius 3 is 2.66 bits per heavy atom. The third-order valence-corrected chi connectivity index (χ3v) is 6.46. The Hall–Kier alpha value is -2.64. The van der Waals surface area contributed by atoms with Gasteiger partial charge in [-0.2, -0.15) is 0 Å². The van der Waals surface area contributed by atoms with Crippen molar-refractivity contribution in [3.8, 4) is 11.3 Å². The van der Waals surface area contributed by atoms with Gasteiger partial charge in [0.1, 0.15) is 0 Å². The van der Waals surface area contributed by atoms with Gasteiger partial charge in [0.05, 0.1) is 11.4 Å². The van der Waals surface area contributed by atoms with Gasteiger partial charge in [-0.15, -0.1) is 23.1 Å². The Balaban J connectivity index is 1.32. The van der Waals surface area contributed by atoms with E-state index >= 15 is 0 Å². The van der Waals surface area contributed by atoms with E-state index < -0.39 is 0 Å². The van der Waals surface area contributed by atoms with Gasteiger partial charge in [0.2, 0.25) is 11.8 Å². The Labute approximate surface area is 178 Å². The summed E-state index contributed by atoms with van der Waals surface area (Å²) in [5.41, 5.74) is 5.62. The first-order valence-electron chi connectivity index (χ1n) is 9.45. The molecule has 2 N–H and O–H groups in total. The van der Waals surface area contributed by atoms with Crippen LogP contribution < -0.4 is 10.6 Å². The van der Waals surface area contributed by atoms with Crippen LogP contribution in [0.2, 0.25) is 0 Å². The number of aryl methyl sites for hydroxylation is 2. The molecule has 7 heteroatoms. The van der Waals surface area contributed by atoms with Crippen LogP contribution in [0.15, 0.2) is 52.7 Å². The SMILES string of the molecule is CC(=O)Nc1ccc(SCC(=O)Nc2nc(-c3ccc4c(c3)CCC4)cs2)cc1. The summed E-state index contributed by atoms with van der Waals surface area (Å²) in [6, 6.07) is 14.0. The Morgan fingerprint density at radius 1 is 1.07 bits per heavy atom. The zero-order valence-electron chi connectivity index (χ0n) is 16.0. The summed E-state index contributed by atoms with van der Waals surface area (Å²) in [5.74, 6) is 0.107. The summed E-state index contributed by atoms with van der Waals surface area (Å²) < 4.78 is 0. The molecule has 1 aliphatic carbocycles. The zero-order chi connectivity index (χ0) is 20.2. The second-order valence-electron chi connectivity index (χ2n) is 6.92. The predicted molar refractivity (Wildman–Crippen MR) is 120 cm³/mol. The van der Waals surface area contributed by atoms with Crippen LogP contribution in [0.5, 0.6) is 0 Å². The second kappa shape index (κ2) is 8.80. The number of thioether (sulfide) groups is 1. The van der Waals surface area contributed by atoms with E-state index in [0.29, 0.717) is 10.9 Å². The van der Waals surface area contributed by atoms with Crippen LogP contribution in [0.25, 0.3) is 11.3 Å². The number of carbonyl (C=O) groups is 2. The highest BCUT2D eigenvalue weighted by Gasteiger charge is 2.13. The van der Waals surface area contributed by atoms with E-state index in [1.807, 2.05) is 29.6 Å². The van der Waals surface area contributed by atoms with Crippen LogP contribution in [-0.4, -0.2) is 22.6 Å². The number of hydrogen-bond acceptors (Lipinski definition) is 5. The van der Waals surface area contributed by atoms with Crippen LogP contribution in [0.4, 0.5) is 10.8 Å². The van der Waals surface area contributed by atoms with Crippen LogP contribution in [0, 0.1) is 0 Å². The number of rotatable bonds is 6. The third-order valence-electron chi connectivity index (χ3n) is 4.69. The molecule has 0 atom stereocenters. The van der Waals surface area contributed by atoms with Gasteiger partial charge in [-0.05, 0) is 60.7 Å². The van der Waals surface area contributed by atoms with E-state index in [9.17, 15) is 9.59 Å². The molecule has 0 unspecified atom stereocenters. The zero-order valence-corrected chi connectivity index (χ0v) is 17.7. The van der Waals surface area contributed by atoms with Gasteiger partial charge >= 0.3 is 0 Å². The lowest BCUT2D eigenvalue weighted by atomic mass is 10.1. The lowest BCUT2D eigenvalue weighted by Gasteiger charge is -2.05. The number of nitrogens with zero attached hydrogens (tertiary/aromatic N) is 1. The number of nitrogens with one attached hydrogen (secondary N) is 2. The lowest BCUT2D eigenvalue weighted by Crippen LogP contribution is -2.13. The van der Waals surface area contributed by atoms with Gasteiger partial charge in [-0.1, -0.05) is 12.1 Å². The number of anilines is 2. The molecule has 0 aliphatic heterocycles. The Kier molecular flexibility index (Phi) is 5.97. The quantitative estimate of drug-likeness (QED) is 0.548. The van der Waals surface area contributed by atoms with Crippen molar-refractivity contribution in [3.63, 3.8) is 0 Å². The standard InChI is InChI=1S/C22H21N3O2S2/c1-14(26)23-18-7-9-19(10-8-18)28-13-21(27)25-22-24-20(12-29-22)17-6-5-15-3-2-4-16(15)11-17/h5-12H,2-4,13H2,1H3,(H,23,26)(H,24,25,27). The normalized spacial score (nSPS) is 12.4. The Morgan fingerprint density at radius 2 is 1.86 bits per heavy atom. The maximum atomic E-state index is 12.3. The molecule has 0 spiro atoms. The van der Waals surface area contributed by atoms with Gasteiger partial charge in [0.15, 0.2) is 5.13 Å². The van der Waals surface area contributed by atoms with Crippen LogP contribution >= 0.6 is 23.1 Å². The highest BCUT2D eigenvalue weighted by atomic mass is 32.2. The number of amides is 2. The molecule has 0 fully saturated rings. The van der Waals surface area contributed by atoms with Crippen molar-refractivity contribution in [2.24, 2.45) is 0 Å². The highest BCUT2D eigenvalue weighted by molar-refractivity contribution is 8.00. The lowest BCUT2D eigenvalue weighted by molar-refractivity contribution is -0.114. The first kappa shape index (κ1) is 19.7. The summed E-state index contributed by atoms with van der Waals surface area (Å²) >= 11 is 2.89. The molecule has 4 rings (SSSR count).